The van der Waals surface area contributed by atoms with Crippen molar-refractivity contribution in [3.8, 4) is 28.3 Å². The fraction of sp³-hybridized carbons (Fsp3) is 0.120. The van der Waals surface area contributed by atoms with Crippen molar-refractivity contribution >= 4 is 11.3 Å². The van der Waals surface area contributed by atoms with Gasteiger partial charge in [0.1, 0.15) is 11.3 Å². The smallest absolute Gasteiger partial charge is 0.183 e. The molecule has 0 saturated heterocycles. The lowest BCUT2D eigenvalue weighted by molar-refractivity contribution is 0.415. The van der Waals surface area contributed by atoms with E-state index in [9.17, 15) is 0 Å². The Labute approximate surface area is 185 Å². The van der Waals surface area contributed by atoms with Gasteiger partial charge in [0.05, 0.1) is 19.3 Å². The second-order valence-corrected chi connectivity index (χ2v) is 7.46. The normalized spacial score (nSPS) is 10.9. The molecule has 7 heteroatoms. The highest BCUT2D eigenvalue weighted by Crippen LogP contribution is 2.32. The molecule has 0 radical (unpaired) electrons. The second kappa shape index (κ2) is 8.47. The first kappa shape index (κ1) is 19.7. The van der Waals surface area contributed by atoms with Gasteiger partial charge >= 0.3 is 0 Å². The van der Waals surface area contributed by atoms with Gasteiger partial charge in [-0.1, -0.05) is 18.2 Å². The molecule has 0 unspecified atom stereocenters. The molecule has 0 amide bonds. The largest absolute Gasteiger partial charge is 0.497 e. The minimum Gasteiger partial charge on any atom is -0.497 e. The molecule has 32 heavy (non-hydrogen) atoms. The van der Waals surface area contributed by atoms with E-state index in [1.54, 1.807) is 19.5 Å². The lowest BCUT2D eigenvalue weighted by Crippen LogP contribution is -2.08. The van der Waals surface area contributed by atoms with Gasteiger partial charge in [0.15, 0.2) is 11.6 Å². The zero-order chi connectivity index (χ0) is 21.9. The van der Waals surface area contributed by atoms with Crippen LogP contribution in [0.25, 0.3) is 28.0 Å². The Morgan fingerprint density at radius 1 is 1.00 bits per heavy atom. The van der Waals surface area contributed by atoms with Crippen LogP contribution in [0.4, 0.5) is 5.82 Å². The Bertz CT molecular complexity index is 1360. The van der Waals surface area contributed by atoms with Gasteiger partial charge in [-0.05, 0) is 54.4 Å². The Hall–Kier alpha value is -4.26. The Morgan fingerprint density at radius 3 is 2.62 bits per heavy atom. The van der Waals surface area contributed by atoms with Crippen LogP contribution in [0.15, 0.2) is 79.4 Å². The monoisotopic (exact) mass is 422 g/mol. The maximum Gasteiger partial charge on any atom is 0.183 e. The number of benzene rings is 1. The number of nitrogens with one attached hydrogen (secondary N) is 1. The van der Waals surface area contributed by atoms with Crippen molar-refractivity contribution in [2.75, 3.05) is 12.4 Å². The fourth-order valence-corrected chi connectivity index (χ4v) is 3.63. The second-order valence-electron chi connectivity index (χ2n) is 7.46. The molecule has 4 aromatic heterocycles. The molecule has 0 spiro atoms. The highest BCUT2D eigenvalue weighted by molar-refractivity contribution is 5.89. The van der Waals surface area contributed by atoms with Crippen molar-refractivity contribution in [3.05, 3.63) is 90.6 Å². The predicted octanol–water partition coefficient (Wildman–Crippen LogP) is 4.78. The minimum absolute atomic E-state index is 0.548. The number of rotatable bonds is 6. The number of aryl methyl sites for hydroxylation is 1. The number of aromatic nitrogens is 5. The summed E-state index contributed by atoms with van der Waals surface area (Å²) in [5, 5.41) is 8.24. The summed E-state index contributed by atoms with van der Waals surface area (Å²) in [4.78, 5) is 13.6. The minimum atomic E-state index is 0.548. The molecule has 158 valence electrons. The zero-order valence-corrected chi connectivity index (χ0v) is 17.9. The maximum absolute atomic E-state index is 5.30. The van der Waals surface area contributed by atoms with Gasteiger partial charge in [-0.15, -0.1) is 5.10 Å². The standard InChI is InChI=1S/C25H22N6O/c1-17-13-19(15-26-14-17)24-29-25(28-16-20-5-3-4-11-27-20)23-22(10-12-31(23)30-24)18-6-8-21(32-2)9-7-18/h3-15H,16H2,1-2H3,(H,28,29,30). The number of pyridine rings is 2. The third kappa shape index (κ3) is 3.88. The molecule has 0 aliphatic rings. The van der Waals surface area contributed by atoms with Gasteiger partial charge < -0.3 is 10.1 Å². The molecule has 1 aromatic carbocycles. The number of hydrogen-bond acceptors (Lipinski definition) is 6. The number of methoxy groups -OCH3 is 1. The summed E-state index contributed by atoms with van der Waals surface area (Å²) < 4.78 is 7.17. The molecule has 0 saturated carbocycles. The molecule has 1 N–H and O–H groups in total. The van der Waals surface area contributed by atoms with E-state index in [4.69, 9.17) is 14.8 Å². The number of nitrogens with zero attached hydrogens (tertiary/aromatic N) is 5. The molecule has 7 nitrogen and oxygen atoms in total. The van der Waals surface area contributed by atoms with E-state index in [-0.39, 0.29) is 0 Å². The molecular weight excluding hydrogens is 400 g/mol. The van der Waals surface area contributed by atoms with Crippen LogP contribution in [0.5, 0.6) is 5.75 Å². The molecule has 4 heterocycles. The summed E-state index contributed by atoms with van der Waals surface area (Å²) in [5.74, 6) is 2.16. The van der Waals surface area contributed by atoms with Crippen LogP contribution in [-0.4, -0.2) is 31.7 Å². The van der Waals surface area contributed by atoms with Gasteiger partial charge in [0.25, 0.3) is 0 Å². The first-order valence-corrected chi connectivity index (χ1v) is 10.3. The molecule has 0 aliphatic carbocycles. The number of fused-ring (bicyclic) bond motifs is 1. The van der Waals surface area contributed by atoms with Crippen molar-refractivity contribution in [1.29, 1.82) is 0 Å². The number of hydrogen-bond donors (Lipinski definition) is 1. The summed E-state index contributed by atoms with van der Waals surface area (Å²) in [6.45, 7) is 2.55. The van der Waals surface area contributed by atoms with E-state index in [1.807, 2.05) is 72.4 Å². The van der Waals surface area contributed by atoms with E-state index >= 15 is 0 Å². The lowest BCUT2D eigenvalue weighted by atomic mass is 10.1. The summed E-state index contributed by atoms with van der Waals surface area (Å²) in [6, 6.07) is 17.9. The van der Waals surface area contributed by atoms with Crippen LogP contribution in [-0.2, 0) is 6.54 Å². The highest BCUT2D eigenvalue weighted by Gasteiger charge is 2.16. The topological polar surface area (TPSA) is 77.2 Å². The zero-order valence-electron chi connectivity index (χ0n) is 17.9. The average molecular weight is 422 g/mol. The van der Waals surface area contributed by atoms with E-state index in [0.29, 0.717) is 12.4 Å². The van der Waals surface area contributed by atoms with Crippen LogP contribution in [0.1, 0.15) is 11.3 Å². The van der Waals surface area contributed by atoms with Crippen molar-refractivity contribution in [2.45, 2.75) is 13.5 Å². The van der Waals surface area contributed by atoms with Crippen molar-refractivity contribution in [3.63, 3.8) is 0 Å². The van der Waals surface area contributed by atoms with Gasteiger partial charge in [-0.2, -0.15) is 0 Å². The van der Waals surface area contributed by atoms with Crippen molar-refractivity contribution in [2.24, 2.45) is 0 Å². The third-order valence-electron chi connectivity index (χ3n) is 5.21. The molecule has 0 aliphatic heterocycles. The first-order valence-electron chi connectivity index (χ1n) is 10.3. The van der Waals surface area contributed by atoms with Crippen LogP contribution in [0.2, 0.25) is 0 Å². The highest BCUT2D eigenvalue weighted by atomic mass is 16.5. The predicted molar refractivity (Wildman–Crippen MR) is 125 cm³/mol. The SMILES string of the molecule is COc1ccc(-c2ccn3nc(-c4cncc(C)c4)nc(NCc4ccccn4)c23)cc1. The van der Waals surface area contributed by atoms with Gasteiger partial charge in [-0.3, -0.25) is 9.97 Å². The number of anilines is 1. The summed E-state index contributed by atoms with van der Waals surface area (Å²) in [6.07, 6.45) is 7.34. The lowest BCUT2D eigenvalue weighted by Gasteiger charge is -2.12. The van der Waals surface area contributed by atoms with Crippen LogP contribution in [0.3, 0.4) is 0 Å². The van der Waals surface area contributed by atoms with E-state index in [1.165, 1.54) is 0 Å². The molecular formula is C25H22N6O. The van der Waals surface area contributed by atoms with Crippen molar-refractivity contribution in [1.82, 2.24) is 24.6 Å². The molecule has 0 bridgehead atoms. The summed E-state index contributed by atoms with van der Waals surface area (Å²) in [7, 11) is 1.66. The maximum atomic E-state index is 5.30. The molecule has 0 fully saturated rings. The molecule has 5 aromatic rings. The van der Waals surface area contributed by atoms with E-state index in [0.717, 1.165) is 45.0 Å². The van der Waals surface area contributed by atoms with Crippen molar-refractivity contribution < 1.29 is 4.74 Å². The quantitative estimate of drug-likeness (QED) is 0.424. The van der Waals surface area contributed by atoms with E-state index in [2.05, 4.69) is 21.4 Å². The summed E-state index contributed by atoms with van der Waals surface area (Å²) >= 11 is 0. The fourth-order valence-electron chi connectivity index (χ4n) is 3.63. The van der Waals surface area contributed by atoms with Gasteiger partial charge in [-0.25, -0.2) is 9.50 Å². The molecule has 5 rings (SSSR count). The number of ether oxygens (including phenoxy) is 1. The first-order chi connectivity index (χ1) is 15.7. The van der Waals surface area contributed by atoms with Crippen LogP contribution >= 0.6 is 0 Å². The van der Waals surface area contributed by atoms with E-state index < -0.39 is 0 Å². The molecule has 0 atom stereocenters. The van der Waals surface area contributed by atoms with Gasteiger partial charge in [0.2, 0.25) is 0 Å². The Kier molecular flexibility index (Phi) is 5.21. The third-order valence-corrected chi connectivity index (χ3v) is 5.21. The van der Waals surface area contributed by atoms with Crippen LogP contribution < -0.4 is 10.1 Å². The Balaban J connectivity index is 1.63. The van der Waals surface area contributed by atoms with Gasteiger partial charge in [0, 0.05) is 35.9 Å². The van der Waals surface area contributed by atoms with Crippen LogP contribution in [0, 0.1) is 6.92 Å². The summed E-state index contributed by atoms with van der Waals surface area (Å²) in [5.41, 5.74) is 5.84. The average Bonchev–Trinajstić information content (AvgIpc) is 3.27. The Morgan fingerprint density at radius 2 is 1.88 bits per heavy atom.